The number of nitrogens with zero attached hydrogens (tertiary/aromatic N) is 6. The number of rotatable bonds is 4. The van der Waals surface area contributed by atoms with Crippen molar-refractivity contribution < 1.29 is 13.7 Å². The standard InChI is InChI=1S/C17H18N6O3/c24-17(14-4-2-8-25-14)22-7-1-3-12(9-22)23-10-13(19-21-23)16-18-15(20-26-16)11-5-6-11/h2,4,8,10-12H,1,3,5-7,9H2. The van der Waals surface area contributed by atoms with Crippen molar-refractivity contribution in [3.63, 3.8) is 0 Å². The summed E-state index contributed by atoms with van der Waals surface area (Å²) < 4.78 is 12.3. The van der Waals surface area contributed by atoms with Gasteiger partial charge in [-0.05, 0) is 37.8 Å². The highest BCUT2D eigenvalue weighted by atomic mass is 16.5. The van der Waals surface area contributed by atoms with Crippen molar-refractivity contribution in [3.05, 3.63) is 36.2 Å². The maximum absolute atomic E-state index is 12.5. The van der Waals surface area contributed by atoms with E-state index >= 15 is 0 Å². The number of aromatic nitrogens is 5. The summed E-state index contributed by atoms with van der Waals surface area (Å²) in [5, 5.41) is 12.4. The van der Waals surface area contributed by atoms with Crippen LogP contribution < -0.4 is 0 Å². The zero-order valence-electron chi connectivity index (χ0n) is 14.1. The van der Waals surface area contributed by atoms with Crippen LogP contribution >= 0.6 is 0 Å². The summed E-state index contributed by atoms with van der Waals surface area (Å²) in [6.45, 7) is 1.28. The van der Waals surface area contributed by atoms with Gasteiger partial charge in [0.2, 0.25) is 0 Å². The van der Waals surface area contributed by atoms with Crippen LogP contribution in [-0.4, -0.2) is 49.0 Å². The van der Waals surface area contributed by atoms with Crippen LogP contribution in [0.3, 0.4) is 0 Å². The fraction of sp³-hybridized carbons (Fsp3) is 0.471. The number of hydrogen-bond donors (Lipinski definition) is 0. The van der Waals surface area contributed by atoms with E-state index in [0.29, 0.717) is 36.4 Å². The summed E-state index contributed by atoms with van der Waals surface area (Å²) in [6, 6.07) is 3.47. The molecule has 3 aromatic heterocycles. The monoisotopic (exact) mass is 354 g/mol. The zero-order valence-corrected chi connectivity index (χ0v) is 14.1. The fourth-order valence-corrected chi connectivity index (χ4v) is 3.31. The van der Waals surface area contributed by atoms with Crippen molar-refractivity contribution in [1.29, 1.82) is 0 Å². The summed E-state index contributed by atoms with van der Waals surface area (Å²) in [6.07, 6.45) is 7.40. The van der Waals surface area contributed by atoms with Crippen LogP contribution in [0.2, 0.25) is 0 Å². The van der Waals surface area contributed by atoms with E-state index < -0.39 is 0 Å². The van der Waals surface area contributed by atoms with Crippen LogP contribution in [-0.2, 0) is 0 Å². The van der Waals surface area contributed by atoms with Gasteiger partial charge in [-0.15, -0.1) is 5.10 Å². The molecular formula is C17H18N6O3. The minimum Gasteiger partial charge on any atom is -0.459 e. The van der Waals surface area contributed by atoms with Gasteiger partial charge in [-0.3, -0.25) is 4.79 Å². The van der Waals surface area contributed by atoms with Crippen molar-refractivity contribution in [2.24, 2.45) is 0 Å². The van der Waals surface area contributed by atoms with E-state index in [2.05, 4.69) is 20.5 Å². The third-order valence-corrected chi connectivity index (χ3v) is 4.90. The lowest BCUT2D eigenvalue weighted by Gasteiger charge is -2.31. The number of hydrogen-bond acceptors (Lipinski definition) is 7. The molecule has 0 spiro atoms. The molecule has 1 aliphatic heterocycles. The molecular weight excluding hydrogens is 336 g/mol. The number of piperidine rings is 1. The summed E-state index contributed by atoms with van der Waals surface area (Å²) in [4.78, 5) is 18.7. The molecule has 0 aromatic carbocycles. The maximum atomic E-state index is 12.5. The van der Waals surface area contributed by atoms with E-state index in [0.717, 1.165) is 31.5 Å². The van der Waals surface area contributed by atoms with Crippen LogP contribution in [0, 0.1) is 0 Å². The first-order valence-corrected chi connectivity index (χ1v) is 8.86. The summed E-state index contributed by atoms with van der Waals surface area (Å²) in [5.41, 5.74) is 0.568. The first-order valence-electron chi connectivity index (χ1n) is 8.86. The molecule has 0 N–H and O–H groups in total. The number of furan rings is 1. The van der Waals surface area contributed by atoms with Crippen LogP contribution in [0.1, 0.15) is 54.0 Å². The normalized spacial score (nSPS) is 20.5. The van der Waals surface area contributed by atoms with Gasteiger partial charge >= 0.3 is 0 Å². The van der Waals surface area contributed by atoms with Gasteiger partial charge in [0.05, 0.1) is 18.5 Å². The molecule has 9 heteroatoms. The Kier molecular flexibility index (Phi) is 3.58. The molecule has 0 radical (unpaired) electrons. The van der Waals surface area contributed by atoms with Gasteiger partial charge < -0.3 is 13.8 Å². The van der Waals surface area contributed by atoms with Gasteiger partial charge in [-0.2, -0.15) is 4.98 Å². The lowest BCUT2D eigenvalue weighted by molar-refractivity contribution is 0.0640. The zero-order chi connectivity index (χ0) is 17.5. The first kappa shape index (κ1) is 15.3. The molecule has 0 bridgehead atoms. The van der Waals surface area contributed by atoms with Crippen molar-refractivity contribution in [2.75, 3.05) is 13.1 Å². The molecule has 3 aromatic rings. The third kappa shape index (κ3) is 2.79. The largest absolute Gasteiger partial charge is 0.459 e. The van der Waals surface area contributed by atoms with E-state index in [4.69, 9.17) is 8.94 Å². The summed E-state index contributed by atoms with van der Waals surface area (Å²) >= 11 is 0. The third-order valence-electron chi connectivity index (χ3n) is 4.90. The van der Waals surface area contributed by atoms with Crippen LogP contribution in [0.15, 0.2) is 33.5 Å². The maximum Gasteiger partial charge on any atom is 0.289 e. The molecule has 1 amide bonds. The summed E-state index contributed by atoms with van der Waals surface area (Å²) in [7, 11) is 0. The predicted octanol–water partition coefficient (Wildman–Crippen LogP) is 2.28. The molecule has 1 unspecified atom stereocenters. The SMILES string of the molecule is O=C(c1ccco1)N1CCCC(n2cc(-c3nc(C4CC4)no3)nn2)C1. The van der Waals surface area contributed by atoms with Crippen LogP contribution in [0.5, 0.6) is 0 Å². The molecule has 5 rings (SSSR count). The van der Waals surface area contributed by atoms with Crippen LogP contribution in [0.25, 0.3) is 11.6 Å². The molecule has 1 atom stereocenters. The lowest BCUT2D eigenvalue weighted by atomic mass is 10.1. The smallest absolute Gasteiger partial charge is 0.289 e. The van der Waals surface area contributed by atoms with Gasteiger partial charge in [0.1, 0.15) is 0 Å². The summed E-state index contributed by atoms with van der Waals surface area (Å²) in [5.74, 6) is 1.86. The van der Waals surface area contributed by atoms with E-state index in [1.165, 1.54) is 6.26 Å². The predicted molar refractivity (Wildman–Crippen MR) is 88.2 cm³/mol. The highest BCUT2D eigenvalue weighted by Crippen LogP contribution is 2.38. The Morgan fingerprint density at radius 2 is 2.19 bits per heavy atom. The van der Waals surface area contributed by atoms with Gasteiger partial charge in [0.15, 0.2) is 17.3 Å². The second-order valence-corrected chi connectivity index (χ2v) is 6.84. The molecule has 134 valence electrons. The highest BCUT2D eigenvalue weighted by molar-refractivity contribution is 5.91. The molecule has 9 nitrogen and oxygen atoms in total. The topological polar surface area (TPSA) is 103 Å². The lowest BCUT2D eigenvalue weighted by Crippen LogP contribution is -2.40. The molecule has 26 heavy (non-hydrogen) atoms. The second kappa shape index (κ2) is 6.08. The Morgan fingerprint density at radius 3 is 3.00 bits per heavy atom. The van der Waals surface area contributed by atoms with Crippen LogP contribution in [0.4, 0.5) is 0 Å². The number of amides is 1. The molecule has 2 fully saturated rings. The molecule has 4 heterocycles. The number of likely N-dealkylation sites (tertiary alicyclic amines) is 1. The van der Waals surface area contributed by atoms with Gasteiger partial charge in [0.25, 0.3) is 11.8 Å². The van der Waals surface area contributed by atoms with Crippen molar-refractivity contribution >= 4 is 5.91 Å². The Balaban J connectivity index is 1.31. The molecule has 1 saturated carbocycles. The minimum absolute atomic E-state index is 0.0646. The van der Waals surface area contributed by atoms with E-state index in [1.807, 2.05) is 6.20 Å². The van der Waals surface area contributed by atoms with Gasteiger partial charge in [-0.1, -0.05) is 10.4 Å². The Morgan fingerprint density at radius 1 is 1.27 bits per heavy atom. The van der Waals surface area contributed by atoms with Gasteiger partial charge in [-0.25, -0.2) is 4.68 Å². The molecule has 1 saturated heterocycles. The van der Waals surface area contributed by atoms with E-state index in [1.54, 1.807) is 21.7 Å². The second-order valence-electron chi connectivity index (χ2n) is 6.84. The number of carbonyl (C=O) groups excluding carboxylic acids is 1. The average Bonchev–Trinajstić information content (AvgIpc) is 3.14. The molecule has 1 aliphatic carbocycles. The Labute approximate surface area is 149 Å². The highest BCUT2D eigenvalue weighted by Gasteiger charge is 2.30. The number of carbonyl (C=O) groups is 1. The fourth-order valence-electron chi connectivity index (χ4n) is 3.31. The quantitative estimate of drug-likeness (QED) is 0.708. The van der Waals surface area contributed by atoms with Crippen molar-refractivity contribution in [3.8, 4) is 11.6 Å². The van der Waals surface area contributed by atoms with E-state index in [-0.39, 0.29) is 11.9 Å². The van der Waals surface area contributed by atoms with Crippen molar-refractivity contribution in [2.45, 2.75) is 37.6 Å². The van der Waals surface area contributed by atoms with Gasteiger partial charge in [0, 0.05) is 19.0 Å². The van der Waals surface area contributed by atoms with E-state index in [9.17, 15) is 4.79 Å². The molecule has 2 aliphatic rings. The Hall–Kier alpha value is -2.97. The minimum atomic E-state index is -0.0917. The average molecular weight is 354 g/mol. The Bertz CT molecular complexity index is 911. The first-order chi connectivity index (χ1) is 12.8. The van der Waals surface area contributed by atoms with Crippen molar-refractivity contribution in [1.82, 2.24) is 30.0 Å².